The lowest BCUT2D eigenvalue weighted by molar-refractivity contribution is -0.118. The predicted octanol–water partition coefficient (Wildman–Crippen LogP) is 0.340. The van der Waals surface area contributed by atoms with Crippen LogP contribution in [0.4, 0.5) is 5.69 Å². The quantitative estimate of drug-likeness (QED) is 0.733. The van der Waals surface area contributed by atoms with Gasteiger partial charge in [0.05, 0.1) is 24.3 Å². The molecular formula is C17H23N5O4S. The van der Waals surface area contributed by atoms with Gasteiger partial charge in [0.25, 0.3) is 0 Å². The van der Waals surface area contributed by atoms with Crippen molar-refractivity contribution in [2.24, 2.45) is 7.05 Å². The van der Waals surface area contributed by atoms with Crippen LogP contribution in [0.25, 0.3) is 0 Å². The lowest BCUT2D eigenvalue weighted by atomic mass is 10.1. The van der Waals surface area contributed by atoms with E-state index in [1.807, 2.05) is 0 Å². The first-order chi connectivity index (χ1) is 12.9. The van der Waals surface area contributed by atoms with E-state index < -0.39 is 16.1 Å². The van der Waals surface area contributed by atoms with Crippen LogP contribution >= 0.6 is 0 Å². The minimum absolute atomic E-state index is 0.143. The second-order valence-corrected chi connectivity index (χ2v) is 8.14. The summed E-state index contributed by atoms with van der Waals surface area (Å²) < 4.78 is 33.8. The first kappa shape index (κ1) is 19.5. The van der Waals surface area contributed by atoms with E-state index >= 15 is 0 Å². The number of aromatic nitrogens is 2. The normalized spacial score (nSPS) is 16.8. The summed E-state index contributed by atoms with van der Waals surface area (Å²) in [5.74, 6) is -0.300. The Morgan fingerprint density at radius 1 is 1.30 bits per heavy atom. The van der Waals surface area contributed by atoms with Crippen LogP contribution in [-0.2, 0) is 26.6 Å². The maximum atomic E-state index is 12.8. The fourth-order valence-electron chi connectivity index (χ4n) is 2.92. The number of carbonyl (C=O) groups is 1. The third-order valence-electron chi connectivity index (χ3n) is 4.32. The molecule has 2 heterocycles. The second-order valence-electron chi connectivity index (χ2n) is 6.20. The van der Waals surface area contributed by atoms with Gasteiger partial charge in [-0.1, -0.05) is 6.07 Å². The topological polar surface area (TPSA) is 106 Å². The maximum Gasteiger partial charge on any atom is 0.246 e. The molecule has 0 saturated carbocycles. The average molecular weight is 393 g/mol. The molecule has 0 bridgehead atoms. The van der Waals surface area contributed by atoms with Crippen molar-refractivity contribution < 1.29 is 17.9 Å². The minimum Gasteiger partial charge on any atom is -0.379 e. The average Bonchev–Trinajstić information content (AvgIpc) is 3.09. The second kappa shape index (κ2) is 8.17. The van der Waals surface area contributed by atoms with E-state index in [-0.39, 0.29) is 10.8 Å². The summed E-state index contributed by atoms with van der Waals surface area (Å²) in [6.45, 7) is 1.40. The molecule has 1 amide bonds. The van der Waals surface area contributed by atoms with Crippen molar-refractivity contribution in [3.63, 3.8) is 0 Å². The van der Waals surface area contributed by atoms with Crippen LogP contribution in [-0.4, -0.2) is 61.8 Å². The zero-order valence-electron chi connectivity index (χ0n) is 15.3. The van der Waals surface area contributed by atoms with Gasteiger partial charge in [-0.2, -0.15) is 9.40 Å². The first-order valence-corrected chi connectivity index (χ1v) is 10.0. The molecule has 1 unspecified atom stereocenters. The van der Waals surface area contributed by atoms with Crippen LogP contribution in [0, 0.1) is 0 Å². The molecule has 1 aromatic carbocycles. The van der Waals surface area contributed by atoms with Crippen molar-refractivity contribution in [3.05, 3.63) is 42.2 Å². The molecule has 1 aromatic heterocycles. The molecule has 1 atom stereocenters. The third kappa shape index (κ3) is 4.35. The summed E-state index contributed by atoms with van der Waals surface area (Å²) in [5.41, 5.74) is 1.13. The predicted molar refractivity (Wildman–Crippen MR) is 99.7 cm³/mol. The number of nitrogens with zero attached hydrogens (tertiary/aromatic N) is 3. The lowest BCUT2D eigenvalue weighted by Crippen LogP contribution is -2.40. The fourth-order valence-corrected chi connectivity index (χ4v) is 4.38. The number of benzene rings is 1. The van der Waals surface area contributed by atoms with Crippen molar-refractivity contribution in [2.45, 2.75) is 10.9 Å². The molecule has 0 radical (unpaired) electrons. The summed E-state index contributed by atoms with van der Waals surface area (Å²) in [4.78, 5) is 12.8. The van der Waals surface area contributed by atoms with E-state index in [0.717, 1.165) is 5.56 Å². The number of carbonyl (C=O) groups excluding carboxylic acids is 1. The number of nitrogens with one attached hydrogen (secondary N) is 2. The number of rotatable bonds is 6. The number of ether oxygens (including phenoxy) is 1. The van der Waals surface area contributed by atoms with Crippen molar-refractivity contribution in [3.8, 4) is 0 Å². The van der Waals surface area contributed by atoms with Crippen molar-refractivity contribution >= 4 is 21.6 Å². The molecule has 27 heavy (non-hydrogen) atoms. The molecule has 0 spiro atoms. The number of likely N-dealkylation sites (N-methyl/N-ethyl adjacent to an activating group) is 1. The van der Waals surface area contributed by atoms with Crippen LogP contribution in [0.2, 0.25) is 0 Å². The van der Waals surface area contributed by atoms with Gasteiger partial charge in [0.15, 0.2) is 0 Å². The van der Waals surface area contributed by atoms with Gasteiger partial charge in [0, 0.05) is 37.6 Å². The van der Waals surface area contributed by atoms with Gasteiger partial charge in [-0.25, -0.2) is 8.42 Å². The molecule has 1 saturated heterocycles. The lowest BCUT2D eigenvalue weighted by Gasteiger charge is -2.26. The summed E-state index contributed by atoms with van der Waals surface area (Å²) in [6, 6.07) is 5.67. The largest absolute Gasteiger partial charge is 0.379 e. The van der Waals surface area contributed by atoms with Gasteiger partial charge < -0.3 is 15.4 Å². The molecule has 0 aliphatic carbocycles. The molecule has 146 valence electrons. The summed E-state index contributed by atoms with van der Waals surface area (Å²) >= 11 is 0. The van der Waals surface area contributed by atoms with E-state index in [4.69, 9.17) is 4.74 Å². The highest BCUT2D eigenvalue weighted by Gasteiger charge is 2.27. The Labute approximate surface area is 158 Å². The molecule has 10 heteroatoms. The van der Waals surface area contributed by atoms with E-state index in [1.165, 1.54) is 16.4 Å². The van der Waals surface area contributed by atoms with Gasteiger partial charge in [-0.05, 0) is 25.2 Å². The van der Waals surface area contributed by atoms with Gasteiger partial charge in [-0.15, -0.1) is 0 Å². The number of amides is 1. The highest BCUT2D eigenvalue weighted by molar-refractivity contribution is 7.89. The Kier molecular flexibility index (Phi) is 5.90. The van der Waals surface area contributed by atoms with E-state index in [0.29, 0.717) is 32.0 Å². The van der Waals surface area contributed by atoms with Gasteiger partial charge in [0.1, 0.15) is 6.04 Å². The van der Waals surface area contributed by atoms with Crippen molar-refractivity contribution in [1.82, 2.24) is 19.4 Å². The smallest absolute Gasteiger partial charge is 0.246 e. The molecule has 2 aromatic rings. The van der Waals surface area contributed by atoms with Crippen LogP contribution in [0.5, 0.6) is 0 Å². The third-order valence-corrected chi connectivity index (χ3v) is 6.21. The summed E-state index contributed by atoms with van der Waals surface area (Å²) in [7, 11) is -0.173. The van der Waals surface area contributed by atoms with E-state index in [9.17, 15) is 13.2 Å². The fraction of sp³-hybridized carbons (Fsp3) is 0.412. The summed E-state index contributed by atoms with van der Waals surface area (Å²) in [6.07, 6.45) is 3.36. The summed E-state index contributed by atoms with van der Waals surface area (Å²) in [5, 5.41) is 9.79. The van der Waals surface area contributed by atoms with Crippen LogP contribution < -0.4 is 10.6 Å². The highest BCUT2D eigenvalue weighted by atomic mass is 32.2. The molecule has 2 N–H and O–H groups in total. The number of sulfonamides is 1. The number of hydrogen-bond donors (Lipinski definition) is 2. The molecule has 1 aliphatic heterocycles. The molecule has 1 fully saturated rings. The standard InChI is InChI=1S/C17H23N5O4S/c1-18-16(13-11-19-21(2)12-13)17(23)20-14-4-3-5-15(10-14)27(24,25)22-6-8-26-9-7-22/h3-5,10-12,16,18H,6-9H2,1-2H3,(H,20,23). The van der Waals surface area contributed by atoms with Crippen LogP contribution in [0.1, 0.15) is 11.6 Å². The Balaban J connectivity index is 1.78. The zero-order valence-corrected chi connectivity index (χ0v) is 16.1. The monoisotopic (exact) mass is 393 g/mol. The van der Waals surface area contributed by atoms with E-state index in [2.05, 4.69) is 15.7 Å². The highest BCUT2D eigenvalue weighted by Crippen LogP contribution is 2.22. The van der Waals surface area contributed by atoms with Crippen molar-refractivity contribution in [1.29, 1.82) is 0 Å². The number of morpholine rings is 1. The van der Waals surface area contributed by atoms with Gasteiger partial charge >= 0.3 is 0 Å². The van der Waals surface area contributed by atoms with Crippen LogP contribution in [0.3, 0.4) is 0 Å². The van der Waals surface area contributed by atoms with E-state index in [1.54, 1.807) is 43.3 Å². The zero-order chi connectivity index (χ0) is 19.4. The Morgan fingerprint density at radius 3 is 2.67 bits per heavy atom. The SMILES string of the molecule is CNC(C(=O)Nc1cccc(S(=O)(=O)N2CCOCC2)c1)c1cnn(C)c1. The molecule has 1 aliphatic rings. The molecular weight excluding hydrogens is 370 g/mol. The van der Waals surface area contributed by atoms with Gasteiger partial charge in [0.2, 0.25) is 15.9 Å². The minimum atomic E-state index is -3.62. The van der Waals surface area contributed by atoms with Gasteiger partial charge in [-0.3, -0.25) is 9.48 Å². The Hall–Kier alpha value is -2.27. The first-order valence-electron chi connectivity index (χ1n) is 8.56. The number of anilines is 1. The Morgan fingerprint density at radius 2 is 2.04 bits per heavy atom. The number of aryl methyl sites for hydroxylation is 1. The maximum absolute atomic E-state index is 12.8. The molecule has 3 rings (SSSR count). The van der Waals surface area contributed by atoms with Crippen LogP contribution in [0.15, 0.2) is 41.6 Å². The van der Waals surface area contributed by atoms with Crippen molar-refractivity contribution in [2.75, 3.05) is 38.7 Å². The molecule has 9 nitrogen and oxygen atoms in total. The number of hydrogen-bond acceptors (Lipinski definition) is 6. The Bertz CT molecular complexity index is 906.